The van der Waals surface area contributed by atoms with Crippen LogP contribution >= 0.6 is 0 Å². The number of aliphatic hydroxyl groups is 2. The van der Waals surface area contributed by atoms with E-state index in [1.165, 1.54) is 0 Å². The minimum atomic E-state index is -4.85. The highest BCUT2D eigenvalue weighted by Crippen LogP contribution is 2.19. The lowest BCUT2D eigenvalue weighted by molar-refractivity contribution is -0.125. The molecule has 2 rings (SSSR count). The Labute approximate surface area is 165 Å². The topological polar surface area (TPSA) is 193 Å². The number of rotatable bonds is 6. The molecule has 0 aliphatic carbocycles. The molecule has 4 atom stereocenters. The van der Waals surface area contributed by atoms with E-state index in [2.05, 4.69) is 24.8 Å². The number of carbonyl (C=O) groups excluding carboxylic acids is 2. The van der Waals surface area contributed by atoms with Crippen molar-refractivity contribution < 1.29 is 46.5 Å². The number of carbonyl (C=O) groups is 2. The van der Waals surface area contributed by atoms with Crippen molar-refractivity contribution >= 4 is 34.0 Å². The van der Waals surface area contributed by atoms with Gasteiger partial charge < -0.3 is 20.3 Å². The number of anilines is 1. The molecule has 1 aromatic rings. The third kappa shape index (κ3) is 6.95. The fraction of sp³-hybridized carbons (Fsp3) is 0.400. The second-order valence-corrected chi connectivity index (χ2v) is 6.92. The number of nitrogens with zero attached hydrogens (tertiary/aromatic N) is 1. The van der Waals surface area contributed by atoms with Gasteiger partial charge in [0.25, 0.3) is 5.90 Å². The molecular formula is C15H19N3O10S. The van der Waals surface area contributed by atoms with Gasteiger partial charge in [-0.05, 0) is 17.3 Å². The summed E-state index contributed by atoms with van der Waals surface area (Å²) in [7, 11) is -4.85. The van der Waals surface area contributed by atoms with Gasteiger partial charge in [-0.3, -0.25) is 19.5 Å². The minimum Gasteiger partial charge on any atom is -0.468 e. The van der Waals surface area contributed by atoms with E-state index >= 15 is 0 Å². The molecule has 1 aromatic carbocycles. The molecule has 29 heavy (non-hydrogen) atoms. The predicted molar refractivity (Wildman–Crippen MR) is 96.0 cm³/mol. The standard InChI is InChI=1S/C15H19N3O10S/c1-8(19)16-11-13(21)12(20)10(7-26-29(23,24)25)27-14(11)18-28-15(22)17-9-5-3-2-4-6-9/h2-6,10-13,20-21H,7H2,1H3,(H,16,19)(H,17,22)(H,23,24,25)/b18-14+/t10-,11-,12-,13-/m1/s1. The van der Waals surface area contributed by atoms with Crippen LogP contribution in [0.1, 0.15) is 6.92 Å². The lowest BCUT2D eigenvalue weighted by Gasteiger charge is -2.37. The van der Waals surface area contributed by atoms with E-state index in [4.69, 9.17) is 9.29 Å². The first-order valence-electron chi connectivity index (χ1n) is 8.09. The molecule has 5 N–H and O–H groups in total. The largest absolute Gasteiger partial charge is 0.468 e. The second-order valence-electron chi connectivity index (χ2n) is 5.83. The number of hydrogen-bond acceptors (Lipinski definition) is 10. The van der Waals surface area contributed by atoms with Gasteiger partial charge in [-0.1, -0.05) is 18.2 Å². The maximum absolute atomic E-state index is 11.8. The van der Waals surface area contributed by atoms with Gasteiger partial charge in [0.05, 0.1) is 0 Å². The van der Waals surface area contributed by atoms with Crippen LogP contribution in [0.2, 0.25) is 0 Å². The van der Waals surface area contributed by atoms with Crippen LogP contribution < -0.4 is 10.6 Å². The molecule has 0 saturated carbocycles. The average Bonchev–Trinajstić information content (AvgIpc) is 2.64. The van der Waals surface area contributed by atoms with Gasteiger partial charge in [-0.25, -0.2) is 8.98 Å². The Balaban J connectivity index is 2.14. The quantitative estimate of drug-likeness (QED) is 0.211. The summed E-state index contributed by atoms with van der Waals surface area (Å²) in [6, 6.07) is 6.80. The van der Waals surface area contributed by atoms with Crippen molar-refractivity contribution in [3.63, 3.8) is 0 Å². The number of ether oxygens (including phenoxy) is 1. The van der Waals surface area contributed by atoms with Gasteiger partial charge in [-0.2, -0.15) is 8.42 Å². The van der Waals surface area contributed by atoms with Crippen molar-refractivity contribution in [1.29, 1.82) is 0 Å². The van der Waals surface area contributed by atoms with E-state index in [-0.39, 0.29) is 0 Å². The molecule has 1 heterocycles. The summed E-state index contributed by atoms with van der Waals surface area (Å²) in [4.78, 5) is 27.8. The first kappa shape index (κ1) is 22.5. The highest BCUT2D eigenvalue weighted by Gasteiger charge is 2.45. The van der Waals surface area contributed by atoms with Crippen LogP contribution in [0.4, 0.5) is 10.5 Å². The highest BCUT2D eigenvalue weighted by atomic mass is 32.3. The fourth-order valence-electron chi connectivity index (χ4n) is 2.34. The summed E-state index contributed by atoms with van der Waals surface area (Å²) in [5.74, 6) is -1.16. The number of benzene rings is 1. The minimum absolute atomic E-state index is 0.399. The van der Waals surface area contributed by atoms with E-state index in [1.807, 2.05) is 0 Å². The number of para-hydroxylation sites is 1. The van der Waals surface area contributed by atoms with Gasteiger partial charge in [-0.15, -0.1) is 0 Å². The van der Waals surface area contributed by atoms with E-state index in [1.54, 1.807) is 30.3 Å². The van der Waals surface area contributed by atoms with E-state index in [0.717, 1.165) is 6.92 Å². The van der Waals surface area contributed by atoms with Crippen LogP contribution in [0.5, 0.6) is 0 Å². The third-order valence-electron chi connectivity index (χ3n) is 3.59. The molecule has 160 valence electrons. The van der Waals surface area contributed by atoms with Crippen molar-refractivity contribution in [2.75, 3.05) is 11.9 Å². The van der Waals surface area contributed by atoms with Crippen LogP contribution in [0.25, 0.3) is 0 Å². The number of amides is 2. The Morgan fingerprint density at radius 1 is 1.21 bits per heavy atom. The SMILES string of the molecule is CC(=O)N[C@H]1/C(=N\OC(=O)Nc2ccccc2)O[C@H](COS(=O)(=O)O)[C@@H](O)[C@@H]1O. The molecule has 13 nitrogen and oxygen atoms in total. The summed E-state index contributed by atoms with van der Waals surface area (Å²) in [5, 5.41) is 28.3. The number of oxime groups is 1. The molecule has 2 amide bonds. The van der Waals surface area contributed by atoms with Crippen LogP contribution in [-0.4, -0.2) is 72.0 Å². The summed E-state index contributed by atoms with van der Waals surface area (Å²) >= 11 is 0. The van der Waals surface area contributed by atoms with Crippen molar-refractivity contribution in [1.82, 2.24) is 5.32 Å². The number of nitrogens with one attached hydrogen (secondary N) is 2. The maximum Gasteiger partial charge on any atom is 0.437 e. The summed E-state index contributed by atoms with van der Waals surface area (Å²) in [5.41, 5.74) is 0.399. The molecule has 14 heteroatoms. The zero-order valence-corrected chi connectivity index (χ0v) is 15.8. The molecule has 0 spiro atoms. The molecule has 0 radical (unpaired) electrons. The maximum atomic E-state index is 11.8. The Kier molecular flexibility index (Phi) is 7.46. The van der Waals surface area contributed by atoms with Gasteiger partial charge >= 0.3 is 16.5 Å². The normalized spacial score (nSPS) is 25.7. The molecule has 0 bridgehead atoms. The van der Waals surface area contributed by atoms with Crippen LogP contribution in [0.15, 0.2) is 35.5 Å². The molecule has 0 unspecified atom stereocenters. The molecular weight excluding hydrogens is 414 g/mol. The van der Waals surface area contributed by atoms with Crippen LogP contribution in [-0.2, 0) is 29.0 Å². The smallest absolute Gasteiger partial charge is 0.437 e. The summed E-state index contributed by atoms with van der Waals surface area (Å²) in [6.45, 7) is 0.228. The Morgan fingerprint density at radius 3 is 2.45 bits per heavy atom. The van der Waals surface area contributed by atoms with Gasteiger partial charge in [0.15, 0.2) is 6.10 Å². The van der Waals surface area contributed by atoms with Crippen molar-refractivity contribution in [3.8, 4) is 0 Å². The highest BCUT2D eigenvalue weighted by molar-refractivity contribution is 7.80. The van der Waals surface area contributed by atoms with Gasteiger partial charge in [0.2, 0.25) is 5.91 Å². The third-order valence-corrected chi connectivity index (χ3v) is 4.02. The molecule has 1 fully saturated rings. The zero-order chi connectivity index (χ0) is 21.6. The van der Waals surface area contributed by atoms with Crippen LogP contribution in [0, 0.1) is 0 Å². The average molecular weight is 433 g/mol. The van der Waals surface area contributed by atoms with Crippen molar-refractivity contribution in [2.45, 2.75) is 31.3 Å². The van der Waals surface area contributed by atoms with Crippen molar-refractivity contribution in [3.05, 3.63) is 30.3 Å². The fourth-order valence-corrected chi connectivity index (χ4v) is 2.65. The van der Waals surface area contributed by atoms with Crippen LogP contribution in [0.3, 0.4) is 0 Å². The first-order chi connectivity index (χ1) is 13.6. The summed E-state index contributed by atoms with van der Waals surface area (Å²) < 4.78 is 39.4. The summed E-state index contributed by atoms with van der Waals surface area (Å²) in [6.07, 6.45) is -6.00. The monoisotopic (exact) mass is 433 g/mol. The van der Waals surface area contributed by atoms with E-state index in [9.17, 15) is 28.2 Å². The Hall–Kier alpha value is -2.78. The van der Waals surface area contributed by atoms with E-state index < -0.39 is 59.3 Å². The van der Waals surface area contributed by atoms with Gasteiger partial charge in [0.1, 0.15) is 24.9 Å². The lowest BCUT2D eigenvalue weighted by Crippen LogP contribution is -2.62. The van der Waals surface area contributed by atoms with Crippen molar-refractivity contribution in [2.24, 2.45) is 5.16 Å². The Bertz CT molecular complexity index is 860. The molecule has 1 saturated heterocycles. The number of aliphatic hydroxyl groups excluding tert-OH is 2. The predicted octanol–water partition coefficient (Wildman–Crippen LogP) is -1.01. The lowest BCUT2D eigenvalue weighted by atomic mass is 9.97. The number of hydrogen-bond donors (Lipinski definition) is 5. The Morgan fingerprint density at radius 2 is 1.86 bits per heavy atom. The zero-order valence-electron chi connectivity index (χ0n) is 15.0. The van der Waals surface area contributed by atoms with Gasteiger partial charge in [0, 0.05) is 12.6 Å². The second kappa shape index (κ2) is 9.62. The van der Waals surface area contributed by atoms with E-state index in [0.29, 0.717) is 5.69 Å². The molecule has 1 aliphatic heterocycles. The molecule has 1 aliphatic rings. The molecule has 0 aromatic heterocycles. The first-order valence-corrected chi connectivity index (χ1v) is 9.46.